The van der Waals surface area contributed by atoms with Crippen LogP contribution in [0.3, 0.4) is 0 Å². The van der Waals surface area contributed by atoms with Crippen LogP contribution in [0, 0.1) is 0 Å². The second-order valence-electron chi connectivity index (χ2n) is 6.49. The van der Waals surface area contributed by atoms with Gasteiger partial charge in [0.25, 0.3) is 15.9 Å². The lowest BCUT2D eigenvalue weighted by molar-refractivity contribution is -0.0258. The predicted molar refractivity (Wildman–Crippen MR) is 116 cm³/mol. The molecule has 1 unspecified atom stereocenters. The molecule has 0 spiro atoms. The van der Waals surface area contributed by atoms with Gasteiger partial charge < -0.3 is 5.32 Å². The zero-order valence-electron chi connectivity index (χ0n) is 16.4. The molecule has 0 aliphatic rings. The van der Waals surface area contributed by atoms with Gasteiger partial charge in [-0.25, -0.2) is 8.42 Å². The Morgan fingerprint density at radius 2 is 1.60 bits per heavy atom. The van der Waals surface area contributed by atoms with Crippen molar-refractivity contribution >= 4 is 27.5 Å². The first-order chi connectivity index (χ1) is 14.3. The Morgan fingerprint density at radius 1 is 0.967 bits per heavy atom. The molecule has 30 heavy (non-hydrogen) atoms. The fourth-order valence-corrected chi connectivity index (χ4v) is 4.06. The third kappa shape index (κ3) is 4.88. The third-order valence-electron chi connectivity index (χ3n) is 4.60. The molecule has 156 valence electrons. The average molecular weight is 445 g/mol. The van der Waals surface area contributed by atoms with Gasteiger partial charge in [-0.05, 0) is 41.5 Å². The maximum atomic E-state index is 13.0. The highest BCUT2D eigenvalue weighted by Crippen LogP contribution is 2.24. The van der Waals surface area contributed by atoms with Gasteiger partial charge in [0.05, 0.1) is 18.0 Å². The van der Waals surface area contributed by atoms with Gasteiger partial charge in [0.1, 0.15) is 0 Å². The Bertz CT molecular complexity index is 1120. The van der Waals surface area contributed by atoms with Crippen LogP contribution < -0.4 is 5.32 Å². The Labute approximate surface area is 181 Å². The summed E-state index contributed by atoms with van der Waals surface area (Å²) in [7, 11) is -1.33. The fraction of sp³-hybridized carbons (Fsp3) is 0.136. The number of hydrogen-bond donors (Lipinski definition) is 1. The molecule has 3 aromatic rings. The second kappa shape index (κ2) is 9.40. The summed E-state index contributed by atoms with van der Waals surface area (Å²) in [6.45, 7) is 0. The minimum Gasteiger partial charge on any atom is -0.341 e. The van der Waals surface area contributed by atoms with E-state index in [9.17, 15) is 13.2 Å². The normalized spacial score (nSPS) is 12.5. The summed E-state index contributed by atoms with van der Waals surface area (Å²) in [4.78, 5) is 17.8. The van der Waals surface area contributed by atoms with Crippen molar-refractivity contribution in [1.29, 1.82) is 0 Å². The van der Waals surface area contributed by atoms with E-state index in [1.165, 1.54) is 32.4 Å². The van der Waals surface area contributed by atoms with Crippen molar-refractivity contribution in [2.24, 2.45) is 0 Å². The van der Waals surface area contributed by atoms with Crippen molar-refractivity contribution in [3.8, 4) is 0 Å². The average Bonchev–Trinajstić information content (AvgIpc) is 2.78. The van der Waals surface area contributed by atoms with Gasteiger partial charge in [-0.15, -0.1) is 0 Å². The minimum absolute atomic E-state index is 0.0396. The van der Waals surface area contributed by atoms with E-state index < -0.39 is 22.0 Å². The van der Waals surface area contributed by atoms with Crippen LogP contribution in [0.4, 0.5) is 0 Å². The molecule has 1 atom stereocenters. The van der Waals surface area contributed by atoms with Crippen molar-refractivity contribution in [2.45, 2.75) is 10.9 Å². The van der Waals surface area contributed by atoms with Gasteiger partial charge in [-0.2, -0.15) is 0 Å². The Morgan fingerprint density at radius 3 is 2.23 bits per heavy atom. The van der Waals surface area contributed by atoms with Crippen LogP contribution in [0.25, 0.3) is 0 Å². The Kier molecular flexibility index (Phi) is 6.89. The monoisotopic (exact) mass is 444 g/mol. The van der Waals surface area contributed by atoms with Gasteiger partial charge in [-0.1, -0.05) is 64.6 Å². The zero-order valence-corrected chi connectivity index (χ0v) is 18.0. The van der Waals surface area contributed by atoms with Crippen LogP contribution >= 0.6 is 11.6 Å². The summed E-state index contributed by atoms with van der Waals surface area (Å²) >= 11 is 6.00. The summed E-state index contributed by atoms with van der Waals surface area (Å²) in [6, 6.07) is 22.1. The van der Waals surface area contributed by atoms with Gasteiger partial charge in [-0.3, -0.25) is 9.63 Å². The molecule has 0 saturated carbocycles. The molecule has 0 aliphatic carbocycles. The number of carbonyl (C=O) groups is 1. The number of hydrogen-bond acceptors (Lipinski definition) is 4. The maximum absolute atomic E-state index is 13.0. The SMILES string of the molecule is CON(C)S(=O)(=O)c1cccc(C(=O)NC(c2ccccc2)c2ccc(Cl)cc2)c1. The number of benzene rings is 3. The van der Waals surface area contributed by atoms with E-state index in [1.54, 1.807) is 18.2 Å². The molecule has 1 amide bonds. The molecule has 3 rings (SSSR count). The fourth-order valence-electron chi connectivity index (χ4n) is 2.92. The molecule has 0 bridgehead atoms. The largest absolute Gasteiger partial charge is 0.341 e. The van der Waals surface area contributed by atoms with E-state index >= 15 is 0 Å². The molecule has 0 radical (unpaired) electrons. The molecule has 0 fully saturated rings. The van der Waals surface area contributed by atoms with E-state index in [2.05, 4.69) is 5.32 Å². The molecule has 3 aromatic carbocycles. The van der Waals surface area contributed by atoms with Crippen LogP contribution in [-0.4, -0.2) is 33.0 Å². The first kappa shape index (κ1) is 22.0. The van der Waals surface area contributed by atoms with Crippen molar-refractivity contribution in [1.82, 2.24) is 9.79 Å². The standard InChI is InChI=1S/C22H21ClN2O4S/c1-25(29-2)30(27,28)20-10-6-9-18(15-20)22(26)24-21(16-7-4-3-5-8-16)17-11-13-19(23)14-12-17/h3-15,21H,1-2H3,(H,24,26). The van der Waals surface area contributed by atoms with Gasteiger partial charge in [0.2, 0.25) is 0 Å². The minimum atomic E-state index is -3.87. The topological polar surface area (TPSA) is 75.7 Å². The van der Waals surface area contributed by atoms with Gasteiger partial charge in [0, 0.05) is 17.6 Å². The van der Waals surface area contributed by atoms with Crippen LogP contribution in [0.15, 0.2) is 83.8 Å². The first-order valence-corrected chi connectivity index (χ1v) is 10.9. The lowest BCUT2D eigenvalue weighted by Gasteiger charge is -2.20. The Balaban J connectivity index is 1.93. The highest BCUT2D eigenvalue weighted by molar-refractivity contribution is 7.89. The number of nitrogens with one attached hydrogen (secondary N) is 1. The molecule has 8 heteroatoms. The summed E-state index contributed by atoms with van der Waals surface area (Å²) in [6.07, 6.45) is 0. The molecule has 0 aliphatic heterocycles. The molecular formula is C22H21ClN2O4S. The van der Waals surface area contributed by atoms with Crippen molar-refractivity contribution < 1.29 is 18.0 Å². The molecule has 1 N–H and O–H groups in total. The number of halogens is 1. The highest BCUT2D eigenvalue weighted by atomic mass is 35.5. The number of carbonyl (C=O) groups excluding carboxylic acids is 1. The number of nitrogens with zero attached hydrogens (tertiary/aromatic N) is 1. The number of sulfonamides is 1. The van der Waals surface area contributed by atoms with Gasteiger partial charge >= 0.3 is 0 Å². The molecule has 0 aromatic heterocycles. The van der Waals surface area contributed by atoms with Gasteiger partial charge in [0.15, 0.2) is 0 Å². The molecule has 0 saturated heterocycles. The zero-order chi connectivity index (χ0) is 21.7. The smallest absolute Gasteiger partial charge is 0.264 e. The first-order valence-electron chi connectivity index (χ1n) is 9.07. The Hall–Kier alpha value is -2.71. The second-order valence-corrected chi connectivity index (χ2v) is 8.87. The summed E-state index contributed by atoms with van der Waals surface area (Å²) in [5, 5.41) is 3.58. The molecular weight excluding hydrogens is 424 g/mol. The lowest BCUT2D eigenvalue weighted by atomic mass is 9.98. The summed E-state index contributed by atoms with van der Waals surface area (Å²) in [5.41, 5.74) is 1.95. The van der Waals surface area contributed by atoms with Crippen molar-refractivity contribution in [3.05, 3.63) is 101 Å². The van der Waals surface area contributed by atoms with Crippen molar-refractivity contribution in [2.75, 3.05) is 14.2 Å². The van der Waals surface area contributed by atoms with E-state index in [0.29, 0.717) is 5.02 Å². The number of hydroxylamine groups is 1. The van der Waals surface area contributed by atoms with Crippen LogP contribution in [0.1, 0.15) is 27.5 Å². The van der Waals surface area contributed by atoms with Crippen LogP contribution in [0.2, 0.25) is 5.02 Å². The summed E-state index contributed by atoms with van der Waals surface area (Å²) in [5.74, 6) is -0.407. The van der Waals surface area contributed by atoms with E-state index in [4.69, 9.17) is 16.4 Å². The van der Waals surface area contributed by atoms with E-state index in [1.807, 2.05) is 42.5 Å². The summed E-state index contributed by atoms with van der Waals surface area (Å²) < 4.78 is 25.7. The van der Waals surface area contributed by atoms with E-state index in [-0.39, 0.29) is 10.5 Å². The predicted octanol–water partition coefficient (Wildman–Crippen LogP) is 4.04. The third-order valence-corrected chi connectivity index (χ3v) is 6.53. The van der Waals surface area contributed by atoms with Crippen LogP contribution in [0.5, 0.6) is 0 Å². The van der Waals surface area contributed by atoms with Crippen LogP contribution in [-0.2, 0) is 14.9 Å². The lowest BCUT2D eigenvalue weighted by Crippen LogP contribution is -2.30. The molecule has 6 nitrogen and oxygen atoms in total. The molecule has 0 heterocycles. The number of rotatable bonds is 7. The maximum Gasteiger partial charge on any atom is 0.264 e. The number of amides is 1. The quantitative estimate of drug-likeness (QED) is 0.558. The van der Waals surface area contributed by atoms with E-state index in [0.717, 1.165) is 15.6 Å². The highest BCUT2D eigenvalue weighted by Gasteiger charge is 2.23. The van der Waals surface area contributed by atoms with Crippen molar-refractivity contribution in [3.63, 3.8) is 0 Å².